The van der Waals surface area contributed by atoms with Crippen molar-refractivity contribution in [2.24, 2.45) is 0 Å². The van der Waals surface area contributed by atoms with Gasteiger partial charge < -0.3 is 0 Å². The Morgan fingerprint density at radius 1 is 0.528 bits per heavy atom. The van der Waals surface area contributed by atoms with Gasteiger partial charge in [0, 0.05) is 4.47 Å². The molecular weight excluding hydrogens is 521 g/mol. The molecule has 4 heteroatoms. The number of hydrogen-bond donors (Lipinski definition) is 0. The minimum absolute atomic E-state index is 0.0425. The van der Waals surface area contributed by atoms with Crippen molar-refractivity contribution in [2.45, 2.75) is 11.6 Å². The van der Waals surface area contributed by atoms with Crippen molar-refractivity contribution in [1.29, 1.82) is 0 Å². The molecule has 0 saturated heterocycles. The highest BCUT2D eigenvalue weighted by molar-refractivity contribution is 9.10. The zero-order chi connectivity index (χ0) is 24.7. The van der Waals surface area contributed by atoms with Crippen LogP contribution in [0.1, 0.15) is 27.8 Å². The van der Waals surface area contributed by atoms with Gasteiger partial charge in [-0.05, 0) is 67.8 Å². The normalized spacial score (nSPS) is 14.3. The van der Waals surface area contributed by atoms with Gasteiger partial charge in [0.05, 0.1) is 11.0 Å². The van der Waals surface area contributed by atoms with Gasteiger partial charge in [0.15, 0.2) is 0 Å². The van der Waals surface area contributed by atoms with Crippen molar-refractivity contribution in [1.82, 2.24) is 0 Å². The molecular formula is C32H18BrF3. The Labute approximate surface area is 215 Å². The maximum absolute atomic E-state index is 13.9. The lowest BCUT2D eigenvalue weighted by Crippen LogP contribution is -2.26. The van der Waals surface area contributed by atoms with Gasteiger partial charge in [-0.15, -0.1) is 0 Å². The summed E-state index contributed by atoms with van der Waals surface area (Å²) in [6.07, 6.45) is -4.46. The van der Waals surface area contributed by atoms with Crippen LogP contribution >= 0.6 is 15.9 Å². The molecule has 0 nitrogen and oxygen atoms in total. The number of rotatable bonds is 1. The maximum Gasteiger partial charge on any atom is 0.417 e. The van der Waals surface area contributed by atoms with E-state index in [0.717, 1.165) is 50.1 Å². The van der Waals surface area contributed by atoms with E-state index in [1.807, 2.05) is 30.3 Å². The minimum Gasteiger partial charge on any atom is -0.166 e. The van der Waals surface area contributed by atoms with Crippen molar-refractivity contribution < 1.29 is 13.2 Å². The summed E-state index contributed by atoms with van der Waals surface area (Å²) in [6.45, 7) is 0. The van der Waals surface area contributed by atoms with Gasteiger partial charge in [-0.25, -0.2) is 0 Å². The van der Waals surface area contributed by atoms with E-state index in [0.29, 0.717) is 5.56 Å². The zero-order valence-corrected chi connectivity index (χ0v) is 20.5. The third-order valence-electron chi connectivity index (χ3n) is 7.60. The summed E-state index contributed by atoms with van der Waals surface area (Å²) in [5, 5.41) is 0. The molecule has 0 N–H and O–H groups in total. The van der Waals surface area contributed by atoms with Crippen molar-refractivity contribution in [3.05, 3.63) is 141 Å². The second-order valence-electron chi connectivity index (χ2n) is 9.31. The lowest BCUT2D eigenvalue weighted by atomic mass is 9.68. The molecule has 0 bridgehead atoms. The molecule has 2 aliphatic rings. The third-order valence-corrected chi connectivity index (χ3v) is 8.29. The first-order valence-electron chi connectivity index (χ1n) is 11.7. The molecule has 0 radical (unpaired) electrons. The van der Waals surface area contributed by atoms with Crippen LogP contribution in [0, 0.1) is 0 Å². The van der Waals surface area contributed by atoms with Crippen LogP contribution in [0.15, 0.2) is 114 Å². The summed E-state index contributed by atoms with van der Waals surface area (Å²) in [4.78, 5) is 0. The fourth-order valence-corrected chi connectivity index (χ4v) is 6.78. The van der Waals surface area contributed by atoms with Crippen LogP contribution in [-0.4, -0.2) is 0 Å². The topological polar surface area (TPSA) is 0 Å². The minimum atomic E-state index is -4.46. The van der Waals surface area contributed by atoms with Gasteiger partial charge in [-0.2, -0.15) is 13.2 Å². The van der Waals surface area contributed by atoms with Gasteiger partial charge in [-0.1, -0.05) is 113 Å². The average molecular weight is 539 g/mol. The lowest BCUT2D eigenvalue weighted by Gasteiger charge is -2.32. The number of halogens is 4. The van der Waals surface area contributed by atoms with Gasteiger partial charge in [0.25, 0.3) is 0 Å². The molecule has 1 spiro atoms. The molecule has 7 rings (SSSR count). The first-order valence-corrected chi connectivity index (χ1v) is 12.5. The highest BCUT2D eigenvalue weighted by Gasteiger charge is 2.52. The smallest absolute Gasteiger partial charge is 0.166 e. The molecule has 0 aliphatic heterocycles. The Hall–Kier alpha value is -3.63. The average Bonchev–Trinajstić information content (AvgIpc) is 3.36. The summed E-state index contributed by atoms with van der Waals surface area (Å²) in [5.41, 5.74) is 9.13. The van der Waals surface area contributed by atoms with Crippen molar-refractivity contribution in [3.8, 4) is 33.4 Å². The maximum atomic E-state index is 13.9. The van der Waals surface area contributed by atoms with Crippen molar-refractivity contribution in [3.63, 3.8) is 0 Å². The molecule has 0 unspecified atom stereocenters. The summed E-state index contributed by atoms with van der Waals surface area (Å²) >= 11 is 3.11. The number of fused-ring (bicyclic) bond motifs is 10. The standard InChI is InChI=1S/C32H18BrF3/c33-29-17-16-19(18-28(29)32(34,35)36)20-11-7-12-24-23-10-3-6-15-27(23)31(30(20)24)25-13-4-1-8-21(25)22-9-2-5-14-26(22)31/h1-18H. The summed E-state index contributed by atoms with van der Waals surface area (Å²) < 4.78 is 41.7. The molecule has 0 amide bonds. The molecule has 2 aliphatic carbocycles. The van der Waals surface area contributed by atoms with E-state index in [1.165, 1.54) is 12.1 Å². The van der Waals surface area contributed by atoms with E-state index in [1.54, 1.807) is 6.07 Å². The predicted molar refractivity (Wildman–Crippen MR) is 141 cm³/mol. The van der Waals surface area contributed by atoms with E-state index >= 15 is 0 Å². The van der Waals surface area contributed by atoms with E-state index < -0.39 is 17.2 Å². The molecule has 0 fully saturated rings. The molecule has 36 heavy (non-hydrogen) atoms. The van der Waals surface area contributed by atoms with Crippen molar-refractivity contribution >= 4 is 15.9 Å². The largest absolute Gasteiger partial charge is 0.417 e. The Morgan fingerprint density at radius 3 is 1.56 bits per heavy atom. The first kappa shape index (κ1) is 21.6. The van der Waals surface area contributed by atoms with Gasteiger partial charge >= 0.3 is 6.18 Å². The quantitative estimate of drug-likeness (QED) is 0.195. The number of benzene rings is 5. The Bertz CT molecular complexity index is 1630. The Morgan fingerprint density at radius 2 is 1.00 bits per heavy atom. The SMILES string of the molecule is FC(F)(F)c1cc(-c2cccc3c2C2(c4ccccc4-c4ccccc42)c2ccccc2-3)ccc1Br. The monoisotopic (exact) mass is 538 g/mol. The van der Waals surface area contributed by atoms with Crippen LogP contribution < -0.4 is 0 Å². The molecule has 5 aromatic rings. The zero-order valence-electron chi connectivity index (χ0n) is 18.9. The second kappa shape index (κ2) is 7.44. The van der Waals surface area contributed by atoms with E-state index in [9.17, 15) is 13.2 Å². The van der Waals surface area contributed by atoms with Crippen LogP contribution in [0.4, 0.5) is 13.2 Å². The van der Waals surface area contributed by atoms with Crippen LogP contribution in [0.25, 0.3) is 33.4 Å². The Kier molecular flexibility index (Phi) is 4.47. The van der Waals surface area contributed by atoms with E-state index in [-0.39, 0.29) is 4.47 Å². The summed E-state index contributed by atoms with van der Waals surface area (Å²) in [5.74, 6) is 0. The molecule has 5 aromatic carbocycles. The van der Waals surface area contributed by atoms with Crippen molar-refractivity contribution in [2.75, 3.05) is 0 Å². The lowest BCUT2D eigenvalue weighted by molar-refractivity contribution is -0.138. The Balaban J connectivity index is 1.64. The molecule has 0 heterocycles. The highest BCUT2D eigenvalue weighted by atomic mass is 79.9. The fourth-order valence-electron chi connectivity index (χ4n) is 6.31. The first-order chi connectivity index (χ1) is 17.4. The molecule has 0 atom stereocenters. The second-order valence-corrected chi connectivity index (χ2v) is 10.2. The van der Waals surface area contributed by atoms with E-state index in [2.05, 4.69) is 76.6 Å². The van der Waals surface area contributed by atoms with Crippen LogP contribution in [0.5, 0.6) is 0 Å². The molecule has 0 saturated carbocycles. The van der Waals surface area contributed by atoms with Gasteiger partial charge in [0.2, 0.25) is 0 Å². The summed E-state index contributed by atoms with van der Waals surface area (Å²) in [6, 6.07) is 35.8. The van der Waals surface area contributed by atoms with E-state index in [4.69, 9.17) is 0 Å². The fraction of sp³-hybridized carbons (Fsp3) is 0.0625. The van der Waals surface area contributed by atoms with Crippen LogP contribution in [0.3, 0.4) is 0 Å². The van der Waals surface area contributed by atoms with Crippen LogP contribution in [0.2, 0.25) is 0 Å². The number of hydrogen-bond acceptors (Lipinski definition) is 0. The summed E-state index contributed by atoms with van der Waals surface area (Å²) in [7, 11) is 0. The highest BCUT2D eigenvalue weighted by Crippen LogP contribution is 2.64. The molecule has 174 valence electrons. The predicted octanol–water partition coefficient (Wildman–Crippen LogP) is 9.48. The van der Waals surface area contributed by atoms with Crippen LogP contribution in [-0.2, 0) is 11.6 Å². The van der Waals surface area contributed by atoms with Gasteiger partial charge in [0.1, 0.15) is 0 Å². The number of alkyl halides is 3. The van der Waals surface area contributed by atoms with Gasteiger partial charge in [-0.3, -0.25) is 0 Å². The molecule has 0 aromatic heterocycles. The third kappa shape index (κ3) is 2.71.